The van der Waals surface area contributed by atoms with Crippen molar-refractivity contribution in [1.82, 2.24) is 0 Å². The number of fused-ring (bicyclic) bond motifs is 1. The third-order valence-electron chi connectivity index (χ3n) is 11.2. The fraction of sp³-hybridized carbons (Fsp3) is 0.429. The fourth-order valence-corrected chi connectivity index (χ4v) is 7.60. The number of phenols is 4. The largest absolute Gasteiger partial charge is 0.507 e. The molecule has 7 rings (SSSR count). The van der Waals surface area contributed by atoms with Gasteiger partial charge in [0.15, 0.2) is 34.5 Å². The van der Waals surface area contributed by atoms with Crippen LogP contribution in [0.5, 0.6) is 34.5 Å². The number of phenolic OH excluding ortho intramolecular Hbond substituents is 4. The molecule has 1 aromatic heterocycles. The lowest BCUT2D eigenvalue weighted by molar-refractivity contribution is -0.277. The predicted molar refractivity (Wildman–Crippen MR) is 215 cm³/mol. The Morgan fingerprint density at radius 1 is 0.606 bits per heavy atom. The van der Waals surface area contributed by atoms with E-state index in [0.717, 1.165) is 42.5 Å². The van der Waals surface area contributed by atoms with Gasteiger partial charge in [-0.1, -0.05) is 6.07 Å². The minimum atomic E-state index is -2.04. The van der Waals surface area contributed by atoms with E-state index in [1.807, 2.05) is 0 Å². The van der Waals surface area contributed by atoms with Crippen LogP contribution in [-0.2, 0) is 23.7 Å². The van der Waals surface area contributed by atoms with Crippen LogP contribution in [0.25, 0.3) is 28.4 Å². The molecular formula is C42H46O24. The third kappa shape index (κ3) is 9.33. The van der Waals surface area contributed by atoms with E-state index in [1.54, 1.807) is 0 Å². The van der Waals surface area contributed by atoms with Gasteiger partial charge in [0.1, 0.15) is 101 Å². The number of carbonyl (C=O) groups is 1. The lowest BCUT2D eigenvalue weighted by Crippen LogP contribution is -2.60. The van der Waals surface area contributed by atoms with Crippen LogP contribution in [0.15, 0.2) is 63.8 Å². The lowest BCUT2D eigenvalue weighted by Gasteiger charge is -2.42. The minimum absolute atomic E-state index is 0.0422. The third-order valence-corrected chi connectivity index (χ3v) is 11.2. The molecule has 4 aromatic rings. The maximum atomic E-state index is 13.7. The van der Waals surface area contributed by atoms with Gasteiger partial charge in [-0.05, 0) is 42.0 Å². The summed E-state index contributed by atoms with van der Waals surface area (Å²) in [6.07, 6.45) is -23.8. The van der Waals surface area contributed by atoms with Crippen molar-refractivity contribution >= 4 is 23.0 Å². The van der Waals surface area contributed by atoms with Gasteiger partial charge in [0.25, 0.3) is 0 Å². The molecule has 358 valence electrons. The van der Waals surface area contributed by atoms with Crippen LogP contribution in [0.1, 0.15) is 17.2 Å². The zero-order valence-electron chi connectivity index (χ0n) is 33.9. The van der Waals surface area contributed by atoms with E-state index in [2.05, 4.69) is 0 Å². The molecule has 15 N–H and O–H groups in total. The smallest absolute Gasteiger partial charge is 0.331 e. The van der Waals surface area contributed by atoms with Crippen molar-refractivity contribution in [2.24, 2.45) is 0 Å². The second-order valence-corrected chi connectivity index (χ2v) is 15.5. The highest BCUT2D eigenvalue weighted by Gasteiger charge is 2.50. The van der Waals surface area contributed by atoms with Crippen molar-refractivity contribution < 1.29 is 114 Å². The van der Waals surface area contributed by atoms with Crippen LogP contribution in [-0.4, -0.2) is 188 Å². The van der Waals surface area contributed by atoms with E-state index in [1.165, 1.54) is 18.2 Å². The average Bonchev–Trinajstić information content (AvgIpc) is 3.29. The molecule has 66 heavy (non-hydrogen) atoms. The summed E-state index contributed by atoms with van der Waals surface area (Å²) in [6.45, 7) is -2.40. The quantitative estimate of drug-likeness (QED) is 0.0482. The van der Waals surface area contributed by atoms with Gasteiger partial charge < -0.3 is 109 Å². The van der Waals surface area contributed by atoms with Gasteiger partial charge in [0.2, 0.25) is 12.6 Å². The summed E-state index contributed by atoms with van der Waals surface area (Å²) in [4.78, 5) is 26.9. The van der Waals surface area contributed by atoms with Crippen molar-refractivity contribution in [3.63, 3.8) is 0 Å². The molecular weight excluding hydrogens is 888 g/mol. The molecule has 3 fully saturated rings. The zero-order chi connectivity index (χ0) is 47.9. The van der Waals surface area contributed by atoms with Gasteiger partial charge in [-0.3, -0.25) is 4.79 Å². The second-order valence-electron chi connectivity index (χ2n) is 15.5. The Morgan fingerprint density at radius 2 is 1.18 bits per heavy atom. The van der Waals surface area contributed by atoms with Crippen molar-refractivity contribution in [2.75, 3.05) is 19.8 Å². The van der Waals surface area contributed by atoms with Crippen molar-refractivity contribution in [3.05, 3.63) is 76.0 Å². The summed E-state index contributed by atoms with van der Waals surface area (Å²) < 4.78 is 38.6. The Kier molecular flexibility index (Phi) is 14.4. The molecule has 3 saturated heterocycles. The first-order valence-electron chi connectivity index (χ1n) is 20.0. The normalized spacial score (nSPS) is 32.6. The van der Waals surface area contributed by atoms with Crippen LogP contribution in [0.2, 0.25) is 0 Å². The van der Waals surface area contributed by atoms with Crippen LogP contribution >= 0.6 is 0 Å². The predicted octanol–water partition coefficient (Wildman–Crippen LogP) is -3.58. The fourth-order valence-electron chi connectivity index (χ4n) is 7.60. The Balaban J connectivity index is 1.12. The second kappa shape index (κ2) is 19.7. The number of esters is 1. The molecule has 3 aliphatic heterocycles. The number of rotatable bonds is 12. The Hall–Kier alpha value is -5.68. The first-order valence-corrected chi connectivity index (χ1v) is 20.0. The highest BCUT2D eigenvalue weighted by atomic mass is 16.7. The van der Waals surface area contributed by atoms with Crippen LogP contribution in [0.4, 0.5) is 0 Å². The van der Waals surface area contributed by atoms with Gasteiger partial charge >= 0.3 is 5.97 Å². The molecule has 0 aliphatic carbocycles. The van der Waals surface area contributed by atoms with Gasteiger partial charge in [-0.2, -0.15) is 0 Å². The molecule has 0 radical (unpaired) electrons. The molecule has 15 unspecified atom stereocenters. The molecule has 15 atom stereocenters. The first-order chi connectivity index (χ1) is 31.4. The van der Waals surface area contributed by atoms with E-state index in [0.29, 0.717) is 0 Å². The maximum Gasteiger partial charge on any atom is 0.331 e. The summed E-state index contributed by atoms with van der Waals surface area (Å²) in [7, 11) is 0. The summed E-state index contributed by atoms with van der Waals surface area (Å²) >= 11 is 0. The van der Waals surface area contributed by atoms with Crippen LogP contribution in [0, 0.1) is 0 Å². The van der Waals surface area contributed by atoms with E-state index < -0.39 is 163 Å². The Morgan fingerprint density at radius 3 is 1.77 bits per heavy atom. The number of benzene rings is 3. The van der Waals surface area contributed by atoms with Crippen LogP contribution < -0.4 is 14.9 Å². The maximum absolute atomic E-state index is 13.7. The van der Waals surface area contributed by atoms with Crippen LogP contribution in [0.3, 0.4) is 0 Å². The molecule has 0 bridgehead atoms. The van der Waals surface area contributed by atoms with E-state index in [-0.39, 0.29) is 28.4 Å². The SMILES string of the molecule is O=C(C=Cc1ccc(OC2OC(CO)C(O)C(O)C2O)c(O)c1)OC1C(c2c(O)cc3oc(-c4ccc(O)c(OC5OC(CO)C(O)C(O)C5O)c4)cc(=O)c3c2O)OC(CO)C(O)C1O. The van der Waals surface area contributed by atoms with Gasteiger partial charge in [0.05, 0.1) is 25.4 Å². The average molecular weight is 935 g/mol. The molecule has 24 nitrogen and oxygen atoms in total. The first kappa shape index (κ1) is 48.3. The molecule has 24 heteroatoms. The van der Waals surface area contributed by atoms with Crippen molar-refractivity contribution in [2.45, 2.75) is 91.9 Å². The number of carbonyl (C=O) groups excluding carboxylic acids is 1. The van der Waals surface area contributed by atoms with E-state index in [4.69, 9.17) is 32.8 Å². The number of aliphatic hydroxyl groups is 11. The molecule has 0 spiro atoms. The molecule has 3 aliphatic rings. The zero-order valence-corrected chi connectivity index (χ0v) is 33.9. The summed E-state index contributed by atoms with van der Waals surface area (Å²) in [5.41, 5.74) is -1.81. The topological polar surface area (TPSA) is 406 Å². The number of hydrogen-bond donors (Lipinski definition) is 15. The summed E-state index contributed by atoms with van der Waals surface area (Å²) in [6, 6.07) is 8.92. The number of hydrogen-bond acceptors (Lipinski definition) is 24. The van der Waals surface area contributed by atoms with Crippen molar-refractivity contribution in [1.29, 1.82) is 0 Å². The number of aromatic hydroxyl groups is 4. The van der Waals surface area contributed by atoms with Gasteiger partial charge in [0, 0.05) is 23.8 Å². The molecule has 0 amide bonds. The summed E-state index contributed by atoms with van der Waals surface area (Å²) in [5, 5.41) is 155. The monoisotopic (exact) mass is 934 g/mol. The lowest BCUT2D eigenvalue weighted by atomic mass is 9.89. The highest BCUT2D eigenvalue weighted by molar-refractivity contribution is 5.89. The van der Waals surface area contributed by atoms with Crippen molar-refractivity contribution in [3.8, 4) is 45.8 Å². The molecule has 0 saturated carbocycles. The Labute approximate surface area is 370 Å². The molecule has 4 heterocycles. The van der Waals surface area contributed by atoms with Gasteiger partial charge in [-0.15, -0.1) is 0 Å². The van der Waals surface area contributed by atoms with E-state index >= 15 is 0 Å². The summed E-state index contributed by atoms with van der Waals surface area (Å²) in [5.74, 6) is -4.98. The number of aliphatic hydroxyl groups excluding tert-OH is 11. The minimum Gasteiger partial charge on any atom is -0.507 e. The Bertz CT molecular complexity index is 2470. The highest BCUT2D eigenvalue weighted by Crippen LogP contribution is 2.46. The van der Waals surface area contributed by atoms with E-state index in [9.17, 15) is 86.2 Å². The molecule has 3 aromatic carbocycles. The van der Waals surface area contributed by atoms with Gasteiger partial charge in [-0.25, -0.2) is 4.79 Å². The standard InChI is InChI=1S/C42H46O24/c43-11-24-32(53)36(57)40(66-27(50)6-2-14-1-5-20(17(47)7-14)62-41-37(58)34(55)30(51)25(12-44)64-41)39(61-24)29-19(49)10-23-28(33(29)54)18(48)9-21(60-23)15-3-4-16(46)22(8-15)63-42-38(59)35(56)31(52)26(13-45)65-42/h1-10,24-26,30-32,34-47,49,51-59H,11-13H2. The number of ether oxygens (including phenoxy) is 6.